The highest BCUT2D eigenvalue weighted by molar-refractivity contribution is 5.77. The van der Waals surface area contributed by atoms with E-state index >= 15 is 0 Å². The van der Waals surface area contributed by atoms with Crippen molar-refractivity contribution in [1.29, 1.82) is 0 Å². The van der Waals surface area contributed by atoms with Crippen molar-refractivity contribution >= 4 is 5.91 Å². The summed E-state index contributed by atoms with van der Waals surface area (Å²) < 4.78 is 11.7. The van der Waals surface area contributed by atoms with Crippen molar-refractivity contribution in [2.45, 2.75) is 37.7 Å². The Hall–Kier alpha value is -2.97. The summed E-state index contributed by atoms with van der Waals surface area (Å²) in [6.07, 6.45) is 4.75. The molecule has 29 heavy (non-hydrogen) atoms. The Morgan fingerprint density at radius 1 is 1.17 bits per heavy atom. The molecule has 0 saturated heterocycles. The first-order valence-corrected chi connectivity index (χ1v) is 10.1. The van der Waals surface area contributed by atoms with Gasteiger partial charge in [0.1, 0.15) is 0 Å². The Bertz CT molecular complexity index is 865. The predicted molar refractivity (Wildman–Crippen MR) is 114 cm³/mol. The third-order valence-corrected chi connectivity index (χ3v) is 5.04. The van der Waals surface area contributed by atoms with Crippen LogP contribution in [0.1, 0.15) is 42.7 Å². The smallest absolute Gasteiger partial charge is 0.233 e. The van der Waals surface area contributed by atoms with Gasteiger partial charge in [0, 0.05) is 12.1 Å². The number of hydrogen-bond donors (Lipinski definition) is 2. The van der Waals surface area contributed by atoms with Crippen LogP contribution in [-0.4, -0.2) is 32.2 Å². The van der Waals surface area contributed by atoms with Crippen molar-refractivity contribution in [3.63, 3.8) is 0 Å². The first-order chi connectivity index (χ1) is 14.2. The van der Waals surface area contributed by atoms with Crippen molar-refractivity contribution in [3.8, 4) is 23.3 Å². The molecule has 1 fully saturated rings. The van der Waals surface area contributed by atoms with Gasteiger partial charge in [-0.3, -0.25) is 4.79 Å². The minimum atomic E-state index is -0.201. The molecule has 1 amide bonds. The molecule has 1 unspecified atom stereocenters. The standard InChI is InChI=1S/C24H28N2O3/c1-28-22-14-13-19(15-23(22)29-21-9-5-6-10-21)20(17-26-24(27)16-25)12-11-18-7-3-2-4-8-18/h2-4,7-8,13-15,20-21H,5-6,9-10,16-17,25H2,1H3,(H,26,27). The van der Waals surface area contributed by atoms with E-state index in [4.69, 9.17) is 15.2 Å². The molecule has 1 aliphatic carbocycles. The fourth-order valence-electron chi connectivity index (χ4n) is 3.42. The molecule has 0 spiro atoms. The van der Waals surface area contributed by atoms with Crippen molar-refractivity contribution in [1.82, 2.24) is 5.32 Å². The lowest BCUT2D eigenvalue weighted by Crippen LogP contribution is -2.33. The van der Waals surface area contributed by atoms with Crippen molar-refractivity contribution in [3.05, 3.63) is 59.7 Å². The molecule has 1 atom stereocenters. The minimum Gasteiger partial charge on any atom is -0.493 e. The molecule has 1 saturated carbocycles. The summed E-state index contributed by atoms with van der Waals surface area (Å²) in [4.78, 5) is 11.7. The molecular weight excluding hydrogens is 364 g/mol. The van der Waals surface area contributed by atoms with Gasteiger partial charge in [-0.1, -0.05) is 36.1 Å². The summed E-state index contributed by atoms with van der Waals surface area (Å²) in [5.41, 5.74) is 7.33. The van der Waals surface area contributed by atoms with E-state index in [1.165, 1.54) is 12.8 Å². The lowest BCUT2D eigenvalue weighted by Gasteiger charge is -2.19. The first-order valence-electron chi connectivity index (χ1n) is 10.1. The minimum absolute atomic E-state index is 0.0442. The monoisotopic (exact) mass is 392 g/mol. The van der Waals surface area contributed by atoms with Gasteiger partial charge in [0.15, 0.2) is 11.5 Å². The van der Waals surface area contributed by atoms with Crippen LogP contribution in [0.4, 0.5) is 0 Å². The second-order valence-corrected chi connectivity index (χ2v) is 7.13. The Kier molecular flexibility index (Phi) is 7.54. The Morgan fingerprint density at radius 3 is 2.62 bits per heavy atom. The normalized spacial score (nSPS) is 14.6. The highest BCUT2D eigenvalue weighted by atomic mass is 16.5. The van der Waals surface area contributed by atoms with Gasteiger partial charge in [-0.25, -0.2) is 0 Å². The molecule has 0 bridgehead atoms. The van der Waals surface area contributed by atoms with E-state index in [-0.39, 0.29) is 24.5 Å². The largest absolute Gasteiger partial charge is 0.493 e. The number of benzene rings is 2. The maximum atomic E-state index is 11.7. The summed E-state index contributed by atoms with van der Waals surface area (Å²) >= 11 is 0. The molecule has 0 aliphatic heterocycles. The van der Waals surface area contributed by atoms with E-state index in [1.54, 1.807) is 7.11 Å². The third kappa shape index (κ3) is 6.00. The van der Waals surface area contributed by atoms with Gasteiger partial charge in [-0.15, -0.1) is 0 Å². The number of nitrogens with two attached hydrogens (primary N) is 1. The molecule has 1 aliphatic rings. The van der Waals surface area contributed by atoms with Gasteiger partial charge in [-0.2, -0.15) is 0 Å². The quantitative estimate of drug-likeness (QED) is 0.710. The van der Waals surface area contributed by atoms with Crippen LogP contribution in [0, 0.1) is 11.8 Å². The number of methoxy groups -OCH3 is 1. The van der Waals surface area contributed by atoms with Gasteiger partial charge >= 0.3 is 0 Å². The van der Waals surface area contributed by atoms with Crippen LogP contribution in [0.3, 0.4) is 0 Å². The Balaban J connectivity index is 1.86. The van der Waals surface area contributed by atoms with E-state index < -0.39 is 0 Å². The zero-order chi connectivity index (χ0) is 20.5. The number of carbonyl (C=O) groups excluding carboxylic acids is 1. The maximum absolute atomic E-state index is 11.7. The molecule has 3 rings (SSSR count). The maximum Gasteiger partial charge on any atom is 0.233 e. The molecule has 0 radical (unpaired) electrons. The summed E-state index contributed by atoms with van der Waals surface area (Å²) in [5, 5.41) is 2.85. The molecule has 2 aromatic carbocycles. The van der Waals surface area contributed by atoms with Gasteiger partial charge in [0.05, 0.1) is 25.7 Å². The number of carbonyl (C=O) groups is 1. The zero-order valence-electron chi connectivity index (χ0n) is 16.8. The number of amides is 1. The molecule has 5 heteroatoms. The van der Waals surface area contributed by atoms with Gasteiger partial charge in [-0.05, 0) is 55.5 Å². The topological polar surface area (TPSA) is 73.6 Å². The first kappa shape index (κ1) is 20.8. The van der Waals surface area contributed by atoms with E-state index in [2.05, 4.69) is 17.2 Å². The highest BCUT2D eigenvalue weighted by Crippen LogP contribution is 2.34. The van der Waals surface area contributed by atoms with E-state index in [9.17, 15) is 4.79 Å². The van der Waals surface area contributed by atoms with Crippen molar-refractivity contribution in [2.75, 3.05) is 20.2 Å². The van der Waals surface area contributed by atoms with E-state index in [1.807, 2.05) is 48.5 Å². The number of nitrogens with one attached hydrogen (secondary N) is 1. The van der Waals surface area contributed by atoms with Gasteiger partial charge < -0.3 is 20.5 Å². The zero-order valence-corrected chi connectivity index (χ0v) is 16.8. The average molecular weight is 392 g/mol. The van der Waals surface area contributed by atoms with Crippen LogP contribution < -0.4 is 20.5 Å². The van der Waals surface area contributed by atoms with Crippen LogP contribution in [0.2, 0.25) is 0 Å². The summed E-state index contributed by atoms with van der Waals surface area (Å²) in [7, 11) is 1.64. The van der Waals surface area contributed by atoms with Crippen LogP contribution in [-0.2, 0) is 4.79 Å². The van der Waals surface area contributed by atoms with Crippen LogP contribution in [0.15, 0.2) is 48.5 Å². The SMILES string of the molecule is COc1ccc(C(C#Cc2ccccc2)CNC(=O)CN)cc1OC1CCCC1. The number of ether oxygens (including phenoxy) is 2. The average Bonchev–Trinajstić information content (AvgIpc) is 3.27. The highest BCUT2D eigenvalue weighted by Gasteiger charge is 2.20. The lowest BCUT2D eigenvalue weighted by molar-refractivity contribution is -0.119. The number of rotatable bonds is 7. The van der Waals surface area contributed by atoms with Gasteiger partial charge in [0.2, 0.25) is 5.91 Å². The molecule has 152 valence electrons. The summed E-state index contributed by atoms with van der Waals surface area (Å²) in [6, 6.07) is 15.7. The fraction of sp³-hybridized carbons (Fsp3) is 0.375. The van der Waals surface area contributed by atoms with Gasteiger partial charge in [0.25, 0.3) is 0 Å². The van der Waals surface area contributed by atoms with E-state index in [0.29, 0.717) is 12.3 Å². The third-order valence-electron chi connectivity index (χ3n) is 5.04. The fourth-order valence-corrected chi connectivity index (χ4v) is 3.42. The molecule has 3 N–H and O–H groups in total. The summed E-state index contributed by atoms with van der Waals surface area (Å²) in [6.45, 7) is 0.336. The summed E-state index contributed by atoms with van der Waals surface area (Å²) in [5.74, 6) is 7.54. The molecule has 5 nitrogen and oxygen atoms in total. The second-order valence-electron chi connectivity index (χ2n) is 7.13. The van der Waals surface area contributed by atoms with Crippen molar-refractivity contribution < 1.29 is 14.3 Å². The number of hydrogen-bond acceptors (Lipinski definition) is 4. The Labute approximate surface area is 172 Å². The van der Waals surface area contributed by atoms with Crippen LogP contribution >= 0.6 is 0 Å². The second kappa shape index (κ2) is 10.5. The van der Waals surface area contributed by atoms with E-state index in [0.717, 1.165) is 29.7 Å². The Morgan fingerprint density at radius 2 is 1.93 bits per heavy atom. The predicted octanol–water partition coefficient (Wildman–Crippen LogP) is 3.23. The molecule has 2 aromatic rings. The molecule has 0 heterocycles. The van der Waals surface area contributed by atoms with Crippen molar-refractivity contribution in [2.24, 2.45) is 5.73 Å². The molecule has 0 aromatic heterocycles. The molecular formula is C24H28N2O3. The van der Waals surface area contributed by atoms with Crippen LogP contribution in [0.5, 0.6) is 11.5 Å². The lowest BCUT2D eigenvalue weighted by atomic mass is 9.98. The van der Waals surface area contributed by atoms with Crippen LogP contribution in [0.25, 0.3) is 0 Å².